The number of aromatic nitrogens is 3. The van der Waals surface area contributed by atoms with Crippen LogP contribution in [0.1, 0.15) is 21.6 Å². The fraction of sp³-hybridized carbons (Fsp3) is 0.125. The van der Waals surface area contributed by atoms with Crippen molar-refractivity contribution in [1.29, 1.82) is 0 Å². The zero-order valence-corrected chi connectivity index (χ0v) is 13.5. The van der Waals surface area contributed by atoms with Gasteiger partial charge in [-0.05, 0) is 30.7 Å². The van der Waals surface area contributed by atoms with E-state index in [1.54, 1.807) is 49.6 Å². The van der Waals surface area contributed by atoms with E-state index in [1.165, 1.54) is 4.52 Å². The number of nitrogens with one attached hydrogen (secondary N) is 2. The van der Waals surface area contributed by atoms with E-state index in [1.807, 2.05) is 0 Å². The monoisotopic (exact) mass is 343 g/mol. The zero-order valence-electron chi connectivity index (χ0n) is 12.8. The van der Waals surface area contributed by atoms with E-state index in [9.17, 15) is 9.59 Å². The van der Waals surface area contributed by atoms with Gasteiger partial charge in [0.05, 0.1) is 12.1 Å². The molecule has 7 nitrogen and oxygen atoms in total. The second-order valence-corrected chi connectivity index (χ2v) is 5.59. The van der Waals surface area contributed by atoms with Crippen molar-refractivity contribution in [3.05, 3.63) is 64.6 Å². The number of amides is 2. The maximum absolute atomic E-state index is 12.3. The van der Waals surface area contributed by atoms with E-state index < -0.39 is 5.91 Å². The number of fused-ring (bicyclic) bond motifs is 1. The molecule has 24 heavy (non-hydrogen) atoms. The van der Waals surface area contributed by atoms with E-state index in [0.29, 0.717) is 21.9 Å². The summed E-state index contributed by atoms with van der Waals surface area (Å²) < 4.78 is 1.51. The van der Waals surface area contributed by atoms with E-state index in [4.69, 9.17) is 11.6 Å². The van der Waals surface area contributed by atoms with E-state index >= 15 is 0 Å². The van der Waals surface area contributed by atoms with Crippen molar-refractivity contribution in [2.45, 2.75) is 13.3 Å². The Morgan fingerprint density at radius 2 is 1.96 bits per heavy atom. The molecule has 0 saturated carbocycles. The molecule has 2 aromatic heterocycles. The third-order valence-corrected chi connectivity index (χ3v) is 3.64. The minimum Gasteiger partial charge on any atom is -0.273 e. The average Bonchev–Trinajstić information content (AvgIpc) is 2.90. The van der Waals surface area contributed by atoms with Gasteiger partial charge in [-0.3, -0.25) is 20.4 Å². The zero-order chi connectivity index (χ0) is 17.1. The van der Waals surface area contributed by atoms with E-state index in [-0.39, 0.29) is 12.3 Å². The Morgan fingerprint density at radius 3 is 2.71 bits per heavy atom. The van der Waals surface area contributed by atoms with Crippen LogP contribution in [0.25, 0.3) is 5.65 Å². The van der Waals surface area contributed by atoms with Crippen molar-refractivity contribution in [2.24, 2.45) is 0 Å². The van der Waals surface area contributed by atoms with Gasteiger partial charge < -0.3 is 0 Å². The first kappa shape index (κ1) is 15.9. The summed E-state index contributed by atoms with van der Waals surface area (Å²) in [6.07, 6.45) is 3.40. The highest BCUT2D eigenvalue weighted by Crippen LogP contribution is 2.12. The predicted molar refractivity (Wildman–Crippen MR) is 88.5 cm³/mol. The molecule has 3 rings (SSSR count). The van der Waals surface area contributed by atoms with Crippen LogP contribution in [0.15, 0.2) is 42.7 Å². The van der Waals surface area contributed by atoms with Gasteiger partial charge in [0, 0.05) is 17.4 Å². The van der Waals surface area contributed by atoms with Gasteiger partial charge in [0.25, 0.3) is 5.91 Å². The molecule has 2 N–H and O–H groups in total. The van der Waals surface area contributed by atoms with Crippen LogP contribution in [0, 0.1) is 6.92 Å². The lowest BCUT2D eigenvalue weighted by Crippen LogP contribution is -2.42. The Bertz CT molecular complexity index is 904. The summed E-state index contributed by atoms with van der Waals surface area (Å²) in [6.45, 7) is 1.71. The number of hydrogen-bond donors (Lipinski definition) is 2. The third kappa shape index (κ3) is 3.36. The molecule has 0 spiro atoms. The SMILES string of the molecule is Cc1nn2cccnc2c1C(=O)NNC(=O)Cc1ccc(Cl)cc1. The van der Waals surface area contributed by atoms with Crippen LogP contribution in [0.2, 0.25) is 5.02 Å². The van der Waals surface area contributed by atoms with Crippen LogP contribution < -0.4 is 10.9 Å². The van der Waals surface area contributed by atoms with Gasteiger partial charge in [-0.25, -0.2) is 9.50 Å². The van der Waals surface area contributed by atoms with Gasteiger partial charge in [0.15, 0.2) is 5.65 Å². The van der Waals surface area contributed by atoms with Crippen molar-refractivity contribution in [3.63, 3.8) is 0 Å². The lowest BCUT2D eigenvalue weighted by molar-refractivity contribution is -0.121. The fourth-order valence-corrected chi connectivity index (χ4v) is 2.41. The standard InChI is InChI=1S/C16H14ClN5O2/c1-10-14(15-18-7-2-8-22(15)21-10)16(24)20-19-13(23)9-11-3-5-12(17)6-4-11/h2-8H,9H2,1H3,(H,19,23)(H,20,24). The number of halogens is 1. The maximum Gasteiger partial charge on any atom is 0.275 e. The van der Waals surface area contributed by atoms with Gasteiger partial charge in [-0.1, -0.05) is 23.7 Å². The Balaban J connectivity index is 1.65. The molecule has 0 bridgehead atoms. The number of nitrogens with zero attached hydrogens (tertiary/aromatic N) is 3. The van der Waals surface area contributed by atoms with Gasteiger partial charge in [0.1, 0.15) is 5.56 Å². The molecule has 0 fully saturated rings. The number of hydrogen-bond acceptors (Lipinski definition) is 4. The number of aryl methyl sites for hydroxylation is 1. The first-order chi connectivity index (χ1) is 11.5. The average molecular weight is 344 g/mol. The topological polar surface area (TPSA) is 88.4 Å². The predicted octanol–water partition coefficient (Wildman–Crippen LogP) is 1.69. The number of rotatable bonds is 3. The first-order valence-corrected chi connectivity index (χ1v) is 7.56. The summed E-state index contributed by atoms with van der Waals surface area (Å²) in [6, 6.07) is 8.63. The molecular formula is C16H14ClN5O2. The second-order valence-electron chi connectivity index (χ2n) is 5.15. The highest BCUT2D eigenvalue weighted by atomic mass is 35.5. The number of carbonyl (C=O) groups excluding carboxylic acids is 2. The summed E-state index contributed by atoms with van der Waals surface area (Å²) in [5.74, 6) is -0.807. The van der Waals surface area contributed by atoms with E-state index in [2.05, 4.69) is 20.9 Å². The second kappa shape index (κ2) is 6.67. The number of hydrazine groups is 1. The molecule has 3 aromatic rings. The van der Waals surface area contributed by atoms with Gasteiger partial charge >= 0.3 is 0 Å². The Hall–Kier alpha value is -2.93. The largest absolute Gasteiger partial charge is 0.275 e. The molecule has 2 amide bonds. The van der Waals surface area contributed by atoms with Crippen molar-refractivity contribution in [2.75, 3.05) is 0 Å². The molecule has 2 heterocycles. The quantitative estimate of drug-likeness (QED) is 0.708. The molecule has 122 valence electrons. The molecule has 0 aliphatic carbocycles. The van der Waals surface area contributed by atoms with Crippen LogP contribution in [-0.4, -0.2) is 26.4 Å². The summed E-state index contributed by atoms with van der Waals surface area (Å²) in [7, 11) is 0. The molecule has 0 aliphatic heterocycles. The summed E-state index contributed by atoms with van der Waals surface area (Å²) in [5, 5.41) is 4.81. The van der Waals surface area contributed by atoms with Crippen molar-refractivity contribution < 1.29 is 9.59 Å². The molecule has 8 heteroatoms. The van der Waals surface area contributed by atoms with Crippen molar-refractivity contribution in [1.82, 2.24) is 25.4 Å². The Kier molecular flexibility index (Phi) is 4.43. The highest BCUT2D eigenvalue weighted by molar-refractivity contribution is 6.30. The minimum atomic E-state index is -0.467. The summed E-state index contributed by atoms with van der Waals surface area (Å²) in [5.41, 5.74) is 6.85. The molecule has 0 aliphatic rings. The molecule has 1 aromatic carbocycles. The van der Waals surface area contributed by atoms with Crippen molar-refractivity contribution >= 4 is 29.1 Å². The summed E-state index contributed by atoms with van der Waals surface area (Å²) >= 11 is 5.80. The van der Waals surface area contributed by atoms with Crippen LogP contribution >= 0.6 is 11.6 Å². The third-order valence-electron chi connectivity index (χ3n) is 3.39. The molecule has 0 atom stereocenters. The lowest BCUT2D eigenvalue weighted by Gasteiger charge is -2.07. The normalized spacial score (nSPS) is 10.6. The van der Waals surface area contributed by atoms with Crippen LogP contribution in [0.4, 0.5) is 0 Å². The lowest BCUT2D eigenvalue weighted by atomic mass is 10.1. The van der Waals surface area contributed by atoms with Crippen LogP contribution in [0.5, 0.6) is 0 Å². The molecule has 0 saturated heterocycles. The highest BCUT2D eigenvalue weighted by Gasteiger charge is 2.18. The smallest absolute Gasteiger partial charge is 0.273 e. The number of carbonyl (C=O) groups is 2. The van der Waals surface area contributed by atoms with Gasteiger partial charge in [-0.15, -0.1) is 0 Å². The van der Waals surface area contributed by atoms with Crippen molar-refractivity contribution in [3.8, 4) is 0 Å². The van der Waals surface area contributed by atoms with Gasteiger partial charge in [0.2, 0.25) is 5.91 Å². The van der Waals surface area contributed by atoms with Crippen LogP contribution in [0.3, 0.4) is 0 Å². The van der Waals surface area contributed by atoms with Crippen LogP contribution in [-0.2, 0) is 11.2 Å². The van der Waals surface area contributed by atoms with Gasteiger partial charge in [-0.2, -0.15) is 5.10 Å². The Morgan fingerprint density at radius 1 is 1.21 bits per heavy atom. The Labute approximate surface area is 142 Å². The molecule has 0 radical (unpaired) electrons. The fourth-order valence-electron chi connectivity index (χ4n) is 2.28. The first-order valence-electron chi connectivity index (χ1n) is 7.18. The minimum absolute atomic E-state index is 0.128. The molecule has 0 unspecified atom stereocenters. The summed E-state index contributed by atoms with van der Waals surface area (Å²) in [4.78, 5) is 28.4. The number of benzene rings is 1. The molecular weight excluding hydrogens is 330 g/mol. The van der Waals surface area contributed by atoms with E-state index in [0.717, 1.165) is 5.56 Å². The maximum atomic E-state index is 12.3.